The minimum atomic E-state index is -3.55. The molecular formula is C13H16N2O3S. The van der Waals surface area contributed by atoms with Crippen LogP contribution in [0.3, 0.4) is 0 Å². The molecule has 0 aliphatic rings. The molecule has 102 valence electrons. The highest BCUT2D eigenvalue weighted by molar-refractivity contribution is 7.89. The lowest BCUT2D eigenvalue weighted by atomic mass is 10.2. The monoisotopic (exact) mass is 280 g/mol. The quantitative estimate of drug-likeness (QED) is 0.901. The van der Waals surface area contributed by atoms with Crippen molar-refractivity contribution < 1.29 is 12.8 Å². The van der Waals surface area contributed by atoms with Crippen molar-refractivity contribution in [2.24, 2.45) is 5.73 Å². The normalized spacial score (nSPS) is 11.9. The van der Waals surface area contributed by atoms with Gasteiger partial charge in [-0.3, -0.25) is 0 Å². The number of rotatable bonds is 5. The maximum absolute atomic E-state index is 12.5. The molecule has 0 aliphatic carbocycles. The molecule has 0 saturated carbocycles. The zero-order chi connectivity index (χ0) is 13.9. The molecule has 6 heteroatoms. The summed E-state index contributed by atoms with van der Waals surface area (Å²) < 4.78 is 31.2. The predicted molar refractivity (Wildman–Crippen MR) is 71.7 cm³/mol. The van der Waals surface area contributed by atoms with E-state index in [9.17, 15) is 8.42 Å². The van der Waals surface area contributed by atoms with Crippen LogP contribution in [0.25, 0.3) is 0 Å². The first-order valence-electron chi connectivity index (χ1n) is 5.81. The SMILES string of the molecule is CN(Cc1ccoc1)S(=O)(=O)c1ccccc1CN. The molecule has 1 heterocycles. The minimum absolute atomic E-state index is 0.189. The lowest BCUT2D eigenvalue weighted by Gasteiger charge is -2.18. The summed E-state index contributed by atoms with van der Waals surface area (Å²) in [6.45, 7) is 0.451. The summed E-state index contributed by atoms with van der Waals surface area (Å²) in [4.78, 5) is 0.253. The van der Waals surface area contributed by atoms with Crippen LogP contribution in [-0.2, 0) is 23.1 Å². The first kappa shape index (κ1) is 13.8. The lowest BCUT2D eigenvalue weighted by molar-refractivity contribution is 0.462. The van der Waals surface area contributed by atoms with Gasteiger partial charge in [-0.25, -0.2) is 8.42 Å². The standard InChI is InChI=1S/C13H16N2O3S/c1-15(9-11-6-7-18-10-11)19(16,17)13-5-3-2-4-12(13)8-14/h2-7,10H,8-9,14H2,1H3. The fraction of sp³-hybridized carbons (Fsp3) is 0.231. The van der Waals surface area contributed by atoms with Crippen molar-refractivity contribution in [2.75, 3.05) is 7.05 Å². The highest BCUT2D eigenvalue weighted by Crippen LogP contribution is 2.20. The van der Waals surface area contributed by atoms with E-state index in [0.717, 1.165) is 5.56 Å². The van der Waals surface area contributed by atoms with Gasteiger partial charge in [0.2, 0.25) is 10.0 Å². The highest BCUT2D eigenvalue weighted by atomic mass is 32.2. The summed E-state index contributed by atoms with van der Waals surface area (Å²) >= 11 is 0. The Hall–Kier alpha value is -1.63. The van der Waals surface area contributed by atoms with Crippen molar-refractivity contribution >= 4 is 10.0 Å². The van der Waals surface area contributed by atoms with E-state index in [1.54, 1.807) is 30.3 Å². The second-order valence-electron chi connectivity index (χ2n) is 4.20. The van der Waals surface area contributed by atoms with Crippen LogP contribution in [0.4, 0.5) is 0 Å². The van der Waals surface area contributed by atoms with E-state index >= 15 is 0 Å². The minimum Gasteiger partial charge on any atom is -0.472 e. The van der Waals surface area contributed by atoms with Crippen LogP contribution in [0, 0.1) is 0 Å². The molecule has 1 aromatic carbocycles. The summed E-state index contributed by atoms with van der Waals surface area (Å²) in [5, 5.41) is 0. The van der Waals surface area contributed by atoms with Gasteiger partial charge in [0.25, 0.3) is 0 Å². The van der Waals surface area contributed by atoms with Gasteiger partial charge in [0.05, 0.1) is 17.4 Å². The third-order valence-corrected chi connectivity index (χ3v) is 4.77. The predicted octanol–water partition coefficient (Wildman–Crippen LogP) is 1.56. The molecule has 0 radical (unpaired) electrons. The molecular weight excluding hydrogens is 264 g/mol. The Bertz CT molecular complexity index is 636. The summed E-state index contributed by atoms with van der Waals surface area (Å²) in [7, 11) is -2.01. The van der Waals surface area contributed by atoms with Crippen molar-refractivity contribution in [1.82, 2.24) is 4.31 Å². The van der Waals surface area contributed by atoms with Crippen LogP contribution < -0.4 is 5.73 Å². The average molecular weight is 280 g/mol. The van der Waals surface area contributed by atoms with Gasteiger partial charge in [0.1, 0.15) is 0 Å². The van der Waals surface area contributed by atoms with Crippen molar-refractivity contribution in [3.8, 4) is 0 Å². The number of hydrogen-bond acceptors (Lipinski definition) is 4. The van der Waals surface area contributed by atoms with Gasteiger partial charge >= 0.3 is 0 Å². The maximum Gasteiger partial charge on any atom is 0.243 e. The van der Waals surface area contributed by atoms with E-state index in [1.807, 2.05) is 0 Å². The molecule has 19 heavy (non-hydrogen) atoms. The Labute approximate surface area is 112 Å². The highest BCUT2D eigenvalue weighted by Gasteiger charge is 2.23. The van der Waals surface area contributed by atoms with E-state index in [-0.39, 0.29) is 18.0 Å². The molecule has 2 rings (SSSR count). The van der Waals surface area contributed by atoms with Crippen LogP contribution >= 0.6 is 0 Å². The first-order valence-corrected chi connectivity index (χ1v) is 7.25. The summed E-state index contributed by atoms with van der Waals surface area (Å²) in [6.07, 6.45) is 3.05. The van der Waals surface area contributed by atoms with Gasteiger partial charge in [0.15, 0.2) is 0 Å². The van der Waals surface area contributed by atoms with Crippen molar-refractivity contribution in [3.63, 3.8) is 0 Å². The fourth-order valence-electron chi connectivity index (χ4n) is 1.82. The van der Waals surface area contributed by atoms with E-state index < -0.39 is 10.0 Å². The fourth-order valence-corrected chi connectivity index (χ4v) is 3.20. The zero-order valence-electron chi connectivity index (χ0n) is 10.6. The second kappa shape index (κ2) is 5.56. The maximum atomic E-state index is 12.5. The van der Waals surface area contributed by atoms with Crippen LogP contribution in [0.5, 0.6) is 0 Å². The Balaban J connectivity index is 2.31. The Morgan fingerprint density at radius 2 is 2.00 bits per heavy atom. The molecule has 0 aliphatic heterocycles. The topological polar surface area (TPSA) is 76.5 Å². The molecule has 0 spiro atoms. The Kier molecular flexibility index (Phi) is 4.04. The summed E-state index contributed by atoms with van der Waals surface area (Å²) in [5.41, 5.74) is 7.00. The second-order valence-corrected chi connectivity index (χ2v) is 6.22. The van der Waals surface area contributed by atoms with Crippen molar-refractivity contribution in [3.05, 3.63) is 54.0 Å². The average Bonchev–Trinajstić information content (AvgIpc) is 2.91. The molecule has 0 fully saturated rings. The van der Waals surface area contributed by atoms with Crippen LogP contribution in [-0.4, -0.2) is 19.8 Å². The molecule has 0 atom stereocenters. The number of nitrogens with two attached hydrogens (primary N) is 1. The van der Waals surface area contributed by atoms with Gasteiger partial charge < -0.3 is 10.2 Å². The van der Waals surface area contributed by atoms with Crippen molar-refractivity contribution in [1.29, 1.82) is 0 Å². The molecule has 1 aromatic heterocycles. The summed E-state index contributed by atoms with van der Waals surface area (Å²) in [5.74, 6) is 0. The van der Waals surface area contributed by atoms with Gasteiger partial charge in [-0.1, -0.05) is 18.2 Å². The lowest BCUT2D eigenvalue weighted by Crippen LogP contribution is -2.27. The van der Waals surface area contributed by atoms with E-state index in [4.69, 9.17) is 10.2 Å². The third kappa shape index (κ3) is 2.86. The van der Waals surface area contributed by atoms with Crippen LogP contribution in [0.1, 0.15) is 11.1 Å². The van der Waals surface area contributed by atoms with Gasteiger partial charge in [-0.2, -0.15) is 4.31 Å². The van der Waals surface area contributed by atoms with Crippen molar-refractivity contribution in [2.45, 2.75) is 18.0 Å². The number of hydrogen-bond donors (Lipinski definition) is 1. The van der Waals surface area contributed by atoms with Crippen LogP contribution in [0.2, 0.25) is 0 Å². The zero-order valence-corrected chi connectivity index (χ0v) is 11.4. The van der Waals surface area contributed by atoms with E-state index in [0.29, 0.717) is 5.56 Å². The summed E-state index contributed by atoms with van der Waals surface area (Å²) in [6, 6.07) is 8.50. The number of benzene rings is 1. The molecule has 0 bridgehead atoms. The molecule has 0 amide bonds. The van der Waals surface area contributed by atoms with Gasteiger partial charge in [-0.15, -0.1) is 0 Å². The molecule has 2 aromatic rings. The first-order chi connectivity index (χ1) is 9.05. The van der Waals surface area contributed by atoms with Crippen LogP contribution in [0.15, 0.2) is 52.2 Å². The largest absolute Gasteiger partial charge is 0.472 e. The Morgan fingerprint density at radius 3 is 2.63 bits per heavy atom. The van der Waals surface area contributed by atoms with E-state index in [1.165, 1.54) is 23.9 Å². The smallest absolute Gasteiger partial charge is 0.243 e. The Morgan fingerprint density at radius 1 is 1.26 bits per heavy atom. The molecule has 2 N–H and O–H groups in total. The number of sulfonamides is 1. The third-order valence-electron chi connectivity index (χ3n) is 2.87. The molecule has 0 saturated heterocycles. The van der Waals surface area contributed by atoms with Gasteiger partial charge in [-0.05, 0) is 17.7 Å². The number of nitrogens with zero attached hydrogens (tertiary/aromatic N) is 1. The number of furan rings is 1. The van der Waals surface area contributed by atoms with Gasteiger partial charge in [0, 0.05) is 25.7 Å². The molecule has 5 nitrogen and oxygen atoms in total. The molecule has 0 unspecified atom stereocenters. The van der Waals surface area contributed by atoms with E-state index in [2.05, 4.69) is 0 Å².